The van der Waals surface area contributed by atoms with Gasteiger partial charge in [-0.05, 0) is 26.3 Å². The predicted octanol–water partition coefficient (Wildman–Crippen LogP) is 1.86. The first-order chi connectivity index (χ1) is 11.9. The lowest BCUT2D eigenvalue weighted by Gasteiger charge is -2.13. The van der Waals surface area contributed by atoms with Gasteiger partial charge in [0, 0.05) is 6.54 Å². The molecule has 1 heterocycles. The molecular formula is C17H19N3O5. The van der Waals surface area contributed by atoms with Gasteiger partial charge in [-0.1, -0.05) is 35.5 Å². The summed E-state index contributed by atoms with van der Waals surface area (Å²) in [5, 5.41) is 8.32. The molecule has 2 aromatic rings. The molecule has 8 heteroatoms. The first-order valence-electron chi connectivity index (χ1n) is 7.65. The zero-order valence-corrected chi connectivity index (χ0v) is 14.2. The summed E-state index contributed by atoms with van der Waals surface area (Å²) in [6.07, 6.45) is -1.15. The Hall–Kier alpha value is -3.16. The average Bonchev–Trinajstić information content (AvgIpc) is 2.92. The molecule has 8 nitrogen and oxygen atoms in total. The largest absolute Gasteiger partial charge is 0.449 e. The Labute approximate surface area is 144 Å². The Bertz CT molecular complexity index is 750. The fourth-order valence-electron chi connectivity index (χ4n) is 2.08. The first kappa shape index (κ1) is 18.2. The smallest absolute Gasteiger partial charge is 0.344 e. The molecule has 0 saturated carbocycles. The van der Waals surface area contributed by atoms with E-state index in [1.54, 1.807) is 13.8 Å². The van der Waals surface area contributed by atoms with Crippen molar-refractivity contribution in [2.24, 2.45) is 0 Å². The summed E-state index contributed by atoms with van der Waals surface area (Å²) in [5.41, 5.74) is 1.44. The van der Waals surface area contributed by atoms with Crippen LogP contribution in [-0.2, 0) is 16.1 Å². The number of carbonyl (C=O) groups is 3. The molecule has 0 aliphatic heterocycles. The third-order valence-corrected chi connectivity index (χ3v) is 3.42. The molecular weight excluding hydrogens is 326 g/mol. The lowest BCUT2D eigenvalue weighted by Crippen LogP contribution is -2.44. The molecule has 1 aromatic carbocycles. The van der Waals surface area contributed by atoms with Crippen LogP contribution in [0.15, 0.2) is 34.9 Å². The summed E-state index contributed by atoms with van der Waals surface area (Å²) in [6, 6.07) is 8.56. The number of carbonyl (C=O) groups excluding carboxylic acids is 3. The van der Waals surface area contributed by atoms with Gasteiger partial charge in [0.15, 0.2) is 6.10 Å². The van der Waals surface area contributed by atoms with Crippen LogP contribution in [0.5, 0.6) is 0 Å². The summed E-state index contributed by atoms with van der Waals surface area (Å²) < 4.78 is 9.93. The van der Waals surface area contributed by atoms with Gasteiger partial charge >= 0.3 is 12.0 Å². The maximum absolute atomic E-state index is 12.1. The van der Waals surface area contributed by atoms with Crippen LogP contribution >= 0.6 is 0 Å². The van der Waals surface area contributed by atoms with Crippen molar-refractivity contribution in [3.63, 3.8) is 0 Å². The van der Waals surface area contributed by atoms with Crippen molar-refractivity contribution in [2.75, 3.05) is 0 Å². The van der Waals surface area contributed by atoms with Crippen LogP contribution in [-0.4, -0.2) is 29.2 Å². The number of benzene rings is 1. The van der Waals surface area contributed by atoms with Crippen molar-refractivity contribution in [1.29, 1.82) is 0 Å². The minimum Gasteiger partial charge on any atom is -0.449 e. The summed E-state index contributed by atoms with van der Waals surface area (Å²) in [7, 11) is 0. The Morgan fingerprint density at radius 3 is 2.48 bits per heavy atom. The summed E-state index contributed by atoms with van der Waals surface area (Å²) in [5.74, 6) is -1.16. The number of hydrogen-bond donors (Lipinski definition) is 2. The number of ether oxygens (including phenoxy) is 1. The fraction of sp³-hybridized carbons (Fsp3) is 0.294. The van der Waals surface area contributed by atoms with Crippen LogP contribution in [0.3, 0.4) is 0 Å². The van der Waals surface area contributed by atoms with Crippen molar-refractivity contribution in [2.45, 2.75) is 33.4 Å². The Morgan fingerprint density at radius 1 is 1.20 bits per heavy atom. The maximum Gasteiger partial charge on any atom is 0.344 e. The SMILES string of the molecule is Cc1noc(C)c1C(=O)OC(C)C(=O)NC(=O)NCc1ccccc1. The van der Waals surface area contributed by atoms with E-state index in [2.05, 4.69) is 15.8 Å². The average molecular weight is 345 g/mol. The highest BCUT2D eigenvalue weighted by Gasteiger charge is 2.25. The van der Waals surface area contributed by atoms with E-state index in [4.69, 9.17) is 9.26 Å². The van der Waals surface area contributed by atoms with E-state index in [0.29, 0.717) is 11.5 Å². The second kappa shape index (κ2) is 8.09. The fourth-order valence-corrected chi connectivity index (χ4v) is 2.08. The maximum atomic E-state index is 12.1. The summed E-state index contributed by atoms with van der Waals surface area (Å²) in [6.45, 7) is 4.80. The van der Waals surface area contributed by atoms with Gasteiger partial charge in [-0.2, -0.15) is 0 Å². The molecule has 2 N–H and O–H groups in total. The number of nitrogens with one attached hydrogen (secondary N) is 2. The summed E-state index contributed by atoms with van der Waals surface area (Å²) >= 11 is 0. The second-order valence-corrected chi connectivity index (χ2v) is 5.40. The van der Waals surface area contributed by atoms with E-state index < -0.39 is 24.0 Å². The van der Waals surface area contributed by atoms with E-state index in [-0.39, 0.29) is 12.1 Å². The van der Waals surface area contributed by atoms with Gasteiger partial charge in [-0.25, -0.2) is 9.59 Å². The molecule has 1 unspecified atom stereocenters. The molecule has 2 rings (SSSR count). The molecule has 0 aliphatic carbocycles. The van der Waals surface area contributed by atoms with Crippen LogP contribution in [0, 0.1) is 13.8 Å². The van der Waals surface area contributed by atoms with E-state index in [1.165, 1.54) is 6.92 Å². The van der Waals surface area contributed by atoms with Crippen LogP contribution in [0.25, 0.3) is 0 Å². The molecule has 0 saturated heterocycles. The van der Waals surface area contributed by atoms with Crippen molar-refractivity contribution in [1.82, 2.24) is 15.8 Å². The minimum absolute atomic E-state index is 0.174. The predicted molar refractivity (Wildman–Crippen MR) is 87.7 cm³/mol. The van der Waals surface area contributed by atoms with Gasteiger partial charge in [-0.3, -0.25) is 10.1 Å². The Balaban J connectivity index is 1.83. The molecule has 0 spiro atoms. The lowest BCUT2D eigenvalue weighted by molar-refractivity contribution is -0.127. The van der Waals surface area contributed by atoms with Crippen molar-refractivity contribution >= 4 is 17.9 Å². The molecule has 0 fully saturated rings. The van der Waals surface area contributed by atoms with E-state index in [1.807, 2.05) is 30.3 Å². The Morgan fingerprint density at radius 2 is 1.88 bits per heavy atom. The summed E-state index contributed by atoms with van der Waals surface area (Å²) in [4.78, 5) is 35.8. The highest BCUT2D eigenvalue weighted by Crippen LogP contribution is 2.14. The normalized spacial score (nSPS) is 11.5. The van der Waals surface area contributed by atoms with Crippen LogP contribution < -0.4 is 10.6 Å². The minimum atomic E-state index is -1.15. The third kappa shape index (κ3) is 4.90. The van der Waals surface area contributed by atoms with Gasteiger partial charge in [0.1, 0.15) is 11.3 Å². The van der Waals surface area contributed by atoms with Crippen molar-refractivity contribution in [3.05, 3.63) is 52.9 Å². The quantitative estimate of drug-likeness (QED) is 0.800. The Kier molecular flexibility index (Phi) is 5.89. The number of nitrogens with zero attached hydrogens (tertiary/aromatic N) is 1. The zero-order valence-electron chi connectivity index (χ0n) is 14.2. The number of hydrogen-bond acceptors (Lipinski definition) is 6. The highest BCUT2D eigenvalue weighted by molar-refractivity contribution is 5.98. The molecule has 0 radical (unpaired) electrons. The first-order valence-corrected chi connectivity index (χ1v) is 7.65. The van der Waals surface area contributed by atoms with Crippen LogP contribution in [0.1, 0.15) is 34.3 Å². The number of imide groups is 1. The second-order valence-electron chi connectivity index (χ2n) is 5.40. The standard InChI is InChI=1S/C17H19N3O5/c1-10-14(11(2)25-20-10)16(22)24-12(3)15(21)19-17(23)18-9-13-7-5-4-6-8-13/h4-8,12H,9H2,1-3H3,(H2,18,19,21,23). The molecule has 1 atom stereocenters. The number of rotatable bonds is 5. The molecule has 25 heavy (non-hydrogen) atoms. The monoisotopic (exact) mass is 345 g/mol. The lowest BCUT2D eigenvalue weighted by atomic mass is 10.2. The number of amides is 3. The van der Waals surface area contributed by atoms with E-state index >= 15 is 0 Å². The number of urea groups is 1. The molecule has 1 aromatic heterocycles. The van der Waals surface area contributed by atoms with Gasteiger partial charge in [0.2, 0.25) is 0 Å². The number of aromatic nitrogens is 1. The molecule has 3 amide bonds. The van der Waals surface area contributed by atoms with E-state index in [0.717, 1.165) is 5.56 Å². The molecule has 0 aliphatic rings. The zero-order chi connectivity index (χ0) is 18.4. The van der Waals surface area contributed by atoms with Gasteiger partial charge in [0.25, 0.3) is 5.91 Å². The van der Waals surface area contributed by atoms with Gasteiger partial charge in [0.05, 0.1) is 5.69 Å². The van der Waals surface area contributed by atoms with Gasteiger partial charge < -0.3 is 14.6 Å². The number of aryl methyl sites for hydroxylation is 2. The van der Waals surface area contributed by atoms with Crippen molar-refractivity contribution < 1.29 is 23.6 Å². The van der Waals surface area contributed by atoms with Gasteiger partial charge in [-0.15, -0.1) is 0 Å². The highest BCUT2D eigenvalue weighted by atomic mass is 16.5. The third-order valence-electron chi connectivity index (χ3n) is 3.42. The van der Waals surface area contributed by atoms with Crippen molar-refractivity contribution in [3.8, 4) is 0 Å². The topological polar surface area (TPSA) is 111 Å². The number of esters is 1. The van der Waals surface area contributed by atoms with Crippen LogP contribution in [0.4, 0.5) is 4.79 Å². The van der Waals surface area contributed by atoms with E-state index in [9.17, 15) is 14.4 Å². The van der Waals surface area contributed by atoms with Crippen LogP contribution in [0.2, 0.25) is 0 Å². The molecule has 0 bridgehead atoms. The molecule has 132 valence electrons.